The van der Waals surface area contributed by atoms with Crippen LogP contribution in [0.5, 0.6) is 11.5 Å². The van der Waals surface area contributed by atoms with E-state index in [9.17, 15) is 19.7 Å². The Morgan fingerprint density at radius 2 is 1.88 bits per heavy atom. The van der Waals surface area contributed by atoms with E-state index in [4.69, 9.17) is 14.2 Å². The summed E-state index contributed by atoms with van der Waals surface area (Å²) < 4.78 is 17.4. The number of hydrogen-bond acceptors (Lipinski definition) is 8. The molecule has 170 valence electrons. The van der Waals surface area contributed by atoms with Crippen molar-refractivity contribution >= 4 is 17.6 Å². The highest BCUT2D eigenvalue weighted by molar-refractivity contribution is 5.96. The van der Waals surface area contributed by atoms with E-state index >= 15 is 0 Å². The molecule has 2 heterocycles. The van der Waals surface area contributed by atoms with Crippen LogP contribution in [0.15, 0.2) is 54.9 Å². The molecule has 0 unspecified atom stereocenters. The number of rotatable bonds is 7. The third-order valence-corrected chi connectivity index (χ3v) is 4.91. The van der Waals surface area contributed by atoms with E-state index in [0.29, 0.717) is 0 Å². The number of amides is 1. The van der Waals surface area contributed by atoms with Crippen LogP contribution in [0.4, 0.5) is 5.69 Å². The molecule has 0 aliphatic carbocycles. The van der Waals surface area contributed by atoms with E-state index in [0.717, 1.165) is 17.3 Å². The van der Waals surface area contributed by atoms with Crippen molar-refractivity contribution in [2.45, 2.75) is 6.54 Å². The molecule has 11 nitrogen and oxygen atoms in total. The Bertz CT molecular complexity index is 1190. The van der Waals surface area contributed by atoms with E-state index in [1.54, 1.807) is 24.1 Å². The fourth-order valence-corrected chi connectivity index (χ4v) is 3.23. The van der Waals surface area contributed by atoms with Gasteiger partial charge in [0.2, 0.25) is 0 Å². The van der Waals surface area contributed by atoms with Crippen LogP contribution in [-0.4, -0.2) is 58.3 Å². The highest BCUT2D eigenvalue weighted by Crippen LogP contribution is 2.36. The van der Waals surface area contributed by atoms with Gasteiger partial charge in [-0.1, -0.05) is 18.2 Å². The molecule has 33 heavy (non-hydrogen) atoms. The maximum Gasteiger partial charge on any atom is 0.345 e. The van der Waals surface area contributed by atoms with Gasteiger partial charge in [0.15, 0.2) is 18.1 Å². The number of esters is 1. The Hall–Kier alpha value is -4.41. The van der Waals surface area contributed by atoms with Crippen LogP contribution >= 0.6 is 0 Å². The van der Waals surface area contributed by atoms with E-state index in [2.05, 4.69) is 5.10 Å². The largest absolute Gasteiger partial charge is 0.486 e. The summed E-state index contributed by atoms with van der Waals surface area (Å²) in [5.41, 5.74) is 0.860. The number of para-hydroxylation sites is 1. The molecule has 1 aliphatic rings. The number of carbonyl (C=O) groups is 2. The lowest BCUT2D eigenvalue weighted by Gasteiger charge is -2.19. The first kappa shape index (κ1) is 21.8. The van der Waals surface area contributed by atoms with E-state index < -0.39 is 29.1 Å². The molecular weight excluding hydrogens is 432 g/mol. The highest BCUT2D eigenvalue weighted by Gasteiger charge is 2.28. The zero-order valence-electron chi connectivity index (χ0n) is 17.7. The first-order chi connectivity index (χ1) is 15.9. The number of benzene rings is 2. The molecule has 2 aromatic carbocycles. The van der Waals surface area contributed by atoms with E-state index in [1.165, 1.54) is 11.0 Å². The molecule has 11 heteroatoms. The summed E-state index contributed by atoms with van der Waals surface area (Å²) in [4.78, 5) is 37.0. The number of nitrogens with zero attached hydrogens (tertiary/aromatic N) is 4. The average Bonchev–Trinajstić information content (AvgIpc) is 3.30. The van der Waals surface area contributed by atoms with Crippen LogP contribution in [0, 0.1) is 10.1 Å². The van der Waals surface area contributed by atoms with Crippen LogP contribution in [0.2, 0.25) is 0 Å². The van der Waals surface area contributed by atoms with Gasteiger partial charge in [0.1, 0.15) is 18.8 Å². The molecule has 1 amide bonds. The Morgan fingerprint density at radius 3 is 2.58 bits per heavy atom. The van der Waals surface area contributed by atoms with Gasteiger partial charge in [-0.15, -0.1) is 0 Å². The molecule has 0 fully saturated rings. The molecule has 0 bridgehead atoms. The van der Waals surface area contributed by atoms with Crippen molar-refractivity contribution in [1.82, 2.24) is 14.7 Å². The van der Waals surface area contributed by atoms with Gasteiger partial charge in [-0.25, -0.2) is 9.48 Å². The predicted molar refractivity (Wildman–Crippen MR) is 114 cm³/mol. The number of nitro groups is 1. The monoisotopic (exact) mass is 452 g/mol. The molecule has 0 saturated heterocycles. The molecular formula is C22H20N4O7. The van der Waals surface area contributed by atoms with Crippen molar-refractivity contribution in [3.05, 3.63) is 76.1 Å². The van der Waals surface area contributed by atoms with E-state index in [-0.39, 0.29) is 36.8 Å². The molecule has 1 aliphatic heterocycles. The minimum Gasteiger partial charge on any atom is -0.486 e. The lowest BCUT2D eigenvalue weighted by Crippen LogP contribution is -2.30. The van der Waals surface area contributed by atoms with Crippen LogP contribution in [0.3, 0.4) is 0 Å². The fraction of sp³-hybridized carbons (Fsp3) is 0.227. The summed E-state index contributed by atoms with van der Waals surface area (Å²) in [6.45, 7) is 0.170. The van der Waals surface area contributed by atoms with Crippen molar-refractivity contribution in [3.63, 3.8) is 0 Å². The lowest BCUT2D eigenvalue weighted by molar-refractivity contribution is -0.385. The SMILES string of the molecule is CN(Cc1cnn(-c2ccccc2)c1)C(=O)COC(=O)c1cc2c(cc1[N+](=O)[O-])OCCO2. The van der Waals surface area contributed by atoms with Crippen molar-refractivity contribution in [2.75, 3.05) is 26.9 Å². The molecule has 0 N–H and O–H groups in total. The van der Waals surface area contributed by atoms with Crippen molar-refractivity contribution in [3.8, 4) is 17.2 Å². The van der Waals surface area contributed by atoms with Crippen molar-refractivity contribution in [1.29, 1.82) is 0 Å². The van der Waals surface area contributed by atoms with Gasteiger partial charge in [0, 0.05) is 31.4 Å². The van der Waals surface area contributed by atoms with Gasteiger partial charge >= 0.3 is 5.97 Å². The van der Waals surface area contributed by atoms with Gasteiger partial charge < -0.3 is 19.1 Å². The second-order valence-corrected chi connectivity index (χ2v) is 7.22. The molecule has 4 rings (SSSR count). The predicted octanol–water partition coefficient (Wildman–Crippen LogP) is 2.37. The zero-order valence-corrected chi connectivity index (χ0v) is 17.7. The topological polar surface area (TPSA) is 126 Å². The Labute approximate surface area is 188 Å². The minimum atomic E-state index is -1.00. The molecule has 0 atom stereocenters. The van der Waals surface area contributed by atoms with Gasteiger partial charge in [-0.05, 0) is 12.1 Å². The van der Waals surface area contributed by atoms with Crippen LogP contribution < -0.4 is 9.47 Å². The van der Waals surface area contributed by atoms with Crippen molar-refractivity contribution < 1.29 is 28.7 Å². The molecule has 0 spiro atoms. The second-order valence-electron chi connectivity index (χ2n) is 7.22. The molecule has 3 aromatic rings. The summed E-state index contributed by atoms with van der Waals surface area (Å²) in [6, 6.07) is 11.8. The number of hydrogen-bond donors (Lipinski definition) is 0. The number of aromatic nitrogens is 2. The summed E-state index contributed by atoms with van der Waals surface area (Å²) in [6.07, 6.45) is 3.44. The summed E-state index contributed by atoms with van der Waals surface area (Å²) >= 11 is 0. The lowest BCUT2D eigenvalue weighted by atomic mass is 10.1. The quantitative estimate of drug-likeness (QED) is 0.304. The number of fused-ring (bicyclic) bond motifs is 1. The highest BCUT2D eigenvalue weighted by atomic mass is 16.6. The standard InChI is InChI=1S/C22H20N4O7/c1-24(12-15-11-23-25(13-15)16-5-3-2-4-6-16)21(27)14-33-22(28)17-9-19-20(32-8-7-31-19)10-18(17)26(29)30/h2-6,9-11,13H,7-8,12,14H2,1H3. The van der Waals surface area contributed by atoms with Crippen molar-refractivity contribution in [2.24, 2.45) is 0 Å². The first-order valence-corrected chi connectivity index (χ1v) is 10.0. The Morgan fingerprint density at radius 1 is 1.18 bits per heavy atom. The van der Waals surface area contributed by atoms with Gasteiger partial charge in [0.25, 0.3) is 11.6 Å². The summed E-state index contributed by atoms with van der Waals surface area (Å²) in [5.74, 6) is -1.10. The third kappa shape index (κ3) is 4.92. The summed E-state index contributed by atoms with van der Waals surface area (Å²) in [7, 11) is 1.56. The maximum atomic E-state index is 12.5. The first-order valence-electron chi connectivity index (χ1n) is 10.0. The maximum absolute atomic E-state index is 12.5. The van der Waals surface area contributed by atoms with Crippen LogP contribution in [-0.2, 0) is 16.1 Å². The average molecular weight is 452 g/mol. The minimum absolute atomic E-state index is 0.177. The number of carbonyl (C=O) groups excluding carboxylic acids is 2. The molecule has 0 radical (unpaired) electrons. The normalized spacial score (nSPS) is 12.2. The summed E-state index contributed by atoms with van der Waals surface area (Å²) in [5, 5.41) is 15.7. The number of ether oxygens (including phenoxy) is 3. The van der Waals surface area contributed by atoms with Gasteiger partial charge in [-0.3, -0.25) is 14.9 Å². The third-order valence-electron chi connectivity index (χ3n) is 4.91. The van der Waals surface area contributed by atoms with Gasteiger partial charge in [-0.2, -0.15) is 5.10 Å². The van der Waals surface area contributed by atoms with Crippen LogP contribution in [0.1, 0.15) is 15.9 Å². The second kappa shape index (κ2) is 9.39. The Kier molecular flexibility index (Phi) is 6.20. The van der Waals surface area contributed by atoms with E-state index in [1.807, 2.05) is 30.3 Å². The molecule has 0 saturated carbocycles. The molecule has 1 aromatic heterocycles. The number of nitro benzene ring substituents is 1. The Balaban J connectivity index is 1.38. The fourth-order valence-electron chi connectivity index (χ4n) is 3.23. The smallest absolute Gasteiger partial charge is 0.345 e. The van der Waals surface area contributed by atoms with Crippen LogP contribution in [0.25, 0.3) is 5.69 Å². The zero-order chi connectivity index (χ0) is 23.4. The van der Waals surface area contributed by atoms with Gasteiger partial charge in [0.05, 0.1) is 22.9 Å². The number of likely N-dealkylation sites (N-methyl/N-ethyl adjacent to an activating group) is 1.